The molecule has 0 bridgehead atoms. The van der Waals surface area contributed by atoms with E-state index >= 15 is 0 Å². The second-order valence-corrected chi connectivity index (χ2v) is 2.93. The molecule has 4 nitrogen and oxygen atoms in total. The van der Waals surface area contributed by atoms with Crippen LogP contribution < -0.4 is 0 Å². The van der Waals surface area contributed by atoms with Gasteiger partial charge in [0.25, 0.3) is 0 Å². The molecule has 0 radical (unpaired) electrons. The number of aliphatic carboxylic acids is 1. The number of carboxylic acid groups (broad SMARTS) is 1. The molecule has 4 heteroatoms. The Morgan fingerprint density at radius 2 is 2.46 bits per heavy atom. The van der Waals surface area contributed by atoms with Gasteiger partial charge in [-0.3, -0.25) is 4.68 Å². The largest absolute Gasteiger partial charge is 0.478 e. The van der Waals surface area contributed by atoms with Crippen molar-refractivity contribution in [2.24, 2.45) is 0 Å². The van der Waals surface area contributed by atoms with Gasteiger partial charge in [0, 0.05) is 11.8 Å². The minimum atomic E-state index is -0.885. The lowest BCUT2D eigenvalue weighted by molar-refractivity contribution is -0.132. The molecule has 1 aromatic rings. The maximum atomic E-state index is 10.4. The summed E-state index contributed by atoms with van der Waals surface area (Å²) in [5, 5.41) is 12.6. The molecule has 13 heavy (non-hydrogen) atoms. The first-order valence-corrected chi connectivity index (χ1v) is 3.98. The summed E-state index contributed by atoms with van der Waals surface area (Å²) in [6.07, 6.45) is 5.24. The standard InChI is InChI=1S/C9H12N2O2/c1-7-5-10-11(6-7)4-3-8(2)9(12)13/h3,5-6H,4H2,1-2H3,(H,12,13)/b8-3-. The van der Waals surface area contributed by atoms with Crippen molar-refractivity contribution in [1.82, 2.24) is 9.78 Å². The van der Waals surface area contributed by atoms with Crippen LogP contribution in [0.2, 0.25) is 0 Å². The molecule has 70 valence electrons. The van der Waals surface area contributed by atoms with Crippen molar-refractivity contribution in [2.45, 2.75) is 20.4 Å². The molecule has 0 saturated carbocycles. The molecular weight excluding hydrogens is 168 g/mol. The van der Waals surface area contributed by atoms with Crippen LogP contribution in [0.15, 0.2) is 24.0 Å². The van der Waals surface area contributed by atoms with Gasteiger partial charge in [-0.2, -0.15) is 5.10 Å². The third-order valence-corrected chi connectivity index (χ3v) is 1.68. The number of hydrogen-bond acceptors (Lipinski definition) is 2. The van der Waals surface area contributed by atoms with Crippen LogP contribution >= 0.6 is 0 Å². The summed E-state index contributed by atoms with van der Waals surface area (Å²) in [6.45, 7) is 4.02. The van der Waals surface area contributed by atoms with Crippen LogP contribution in [0.1, 0.15) is 12.5 Å². The van der Waals surface area contributed by atoms with E-state index in [0.29, 0.717) is 12.1 Å². The molecule has 1 heterocycles. The lowest BCUT2D eigenvalue weighted by Crippen LogP contribution is -2.00. The summed E-state index contributed by atoms with van der Waals surface area (Å²) in [5.41, 5.74) is 1.41. The van der Waals surface area contributed by atoms with Crippen LogP contribution in [-0.2, 0) is 11.3 Å². The van der Waals surface area contributed by atoms with Gasteiger partial charge in [0.05, 0.1) is 12.7 Å². The van der Waals surface area contributed by atoms with Crippen molar-refractivity contribution in [3.63, 3.8) is 0 Å². The number of aromatic nitrogens is 2. The Hall–Kier alpha value is -1.58. The molecule has 0 aliphatic carbocycles. The van der Waals surface area contributed by atoms with Gasteiger partial charge >= 0.3 is 5.97 Å². The molecule has 0 spiro atoms. The van der Waals surface area contributed by atoms with E-state index in [4.69, 9.17) is 5.11 Å². The van der Waals surface area contributed by atoms with Gasteiger partial charge in [-0.25, -0.2) is 4.79 Å². The van der Waals surface area contributed by atoms with Gasteiger partial charge in [-0.15, -0.1) is 0 Å². The smallest absolute Gasteiger partial charge is 0.331 e. The zero-order valence-electron chi connectivity index (χ0n) is 7.69. The van der Waals surface area contributed by atoms with Crippen LogP contribution in [0.3, 0.4) is 0 Å². The van der Waals surface area contributed by atoms with Gasteiger partial charge in [0.2, 0.25) is 0 Å². The van der Waals surface area contributed by atoms with Crippen molar-refractivity contribution in [3.8, 4) is 0 Å². The molecular formula is C9H12N2O2. The van der Waals surface area contributed by atoms with Gasteiger partial charge in [0.15, 0.2) is 0 Å². The fourth-order valence-electron chi connectivity index (χ4n) is 0.885. The predicted molar refractivity (Wildman–Crippen MR) is 48.4 cm³/mol. The second-order valence-electron chi connectivity index (χ2n) is 2.93. The predicted octanol–water partition coefficient (Wildman–Crippen LogP) is 1.22. The summed E-state index contributed by atoms with van der Waals surface area (Å²) in [4.78, 5) is 10.4. The monoisotopic (exact) mass is 180 g/mol. The number of aryl methyl sites for hydroxylation is 1. The highest BCUT2D eigenvalue weighted by Crippen LogP contribution is 1.97. The van der Waals surface area contributed by atoms with Gasteiger partial charge in [-0.1, -0.05) is 6.08 Å². The first-order chi connectivity index (χ1) is 6.09. The number of allylic oxidation sites excluding steroid dienone is 1. The number of hydrogen-bond donors (Lipinski definition) is 1. The second kappa shape index (κ2) is 3.89. The summed E-state index contributed by atoms with van der Waals surface area (Å²) in [5.74, 6) is -0.885. The first kappa shape index (κ1) is 9.51. The van der Waals surface area contributed by atoms with Crippen LogP contribution in [0.4, 0.5) is 0 Å². The highest BCUT2D eigenvalue weighted by atomic mass is 16.4. The van der Waals surface area contributed by atoms with Crippen LogP contribution in [0.25, 0.3) is 0 Å². The Balaban J connectivity index is 2.61. The maximum absolute atomic E-state index is 10.4. The number of carboxylic acids is 1. The van der Waals surface area contributed by atoms with Crippen molar-refractivity contribution in [1.29, 1.82) is 0 Å². The molecule has 0 amide bonds. The maximum Gasteiger partial charge on any atom is 0.331 e. The lowest BCUT2D eigenvalue weighted by Gasteiger charge is -1.95. The average Bonchev–Trinajstić information content (AvgIpc) is 2.47. The summed E-state index contributed by atoms with van der Waals surface area (Å²) in [6, 6.07) is 0. The van der Waals surface area contributed by atoms with E-state index in [1.54, 1.807) is 23.9 Å². The van der Waals surface area contributed by atoms with E-state index in [2.05, 4.69) is 5.10 Å². The normalized spacial score (nSPS) is 11.7. The van der Waals surface area contributed by atoms with Gasteiger partial charge in [0.1, 0.15) is 0 Å². The molecule has 0 aliphatic heterocycles. The van der Waals surface area contributed by atoms with E-state index in [0.717, 1.165) is 5.56 Å². The molecule has 1 rings (SSSR count). The lowest BCUT2D eigenvalue weighted by atomic mass is 10.3. The number of nitrogens with zero attached hydrogens (tertiary/aromatic N) is 2. The Bertz CT molecular complexity index is 339. The molecule has 1 aromatic heterocycles. The van der Waals surface area contributed by atoms with Crippen molar-refractivity contribution in [3.05, 3.63) is 29.6 Å². The molecule has 0 saturated heterocycles. The van der Waals surface area contributed by atoms with Gasteiger partial charge < -0.3 is 5.11 Å². The minimum absolute atomic E-state index is 0.341. The summed E-state index contributed by atoms with van der Waals surface area (Å²) >= 11 is 0. The molecule has 0 aliphatic rings. The Morgan fingerprint density at radius 1 is 1.77 bits per heavy atom. The third-order valence-electron chi connectivity index (χ3n) is 1.68. The quantitative estimate of drug-likeness (QED) is 0.711. The number of carbonyl (C=O) groups is 1. The van der Waals surface area contributed by atoms with Crippen molar-refractivity contribution in [2.75, 3.05) is 0 Å². The van der Waals surface area contributed by atoms with Crippen molar-refractivity contribution < 1.29 is 9.90 Å². The van der Waals surface area contributed by atoms with E-state index in [9.17, 15) is 4.79 Å². The highest BCUT2D eigenvalue weighted by molar-refractivity contribution is 5.85. The third kappa shape index (κ3) is 2.74. The topological polar surface area (TPSA) is 55.1 Å². The molecule has 0 fully saturated rings. The molecule has 0 aromatic carbocycles. The zero-order chi connectivity index (χ0) is 9.84. The number of rotatable bonds is 3. The minimum Gasteiger partial charge on any atom is -0.478 e. The van der Waals surface area contributed by atoms with Crippen LogP contribution in [0, 0.1) is 6.92 Å². The highest BCUT2D eigenvalue weighted by Gasteiger charge is 1.98. The molecule has 1 N–H and O–H groups in total. The summed E-state index contributed by atoms with van der Waals surface area (Å²) in [7, 11) is 0. The van der Waals surface area contributed by atoms with Crippen molar-refractivity contribution >= 4 is 5.97 Å². The Morgan fingerprint density at radius 3 is 2.92 bits per heavy atom. The molecule has 0 atom stereocenters. The van der Waals surface area contributed by atoms with Crippen LogP contribution in [-0.4, -0.2) is 20.9 Å². The first-order valence-electron chi connectivity index (χ1n) is 3.98. The van der Waals surface area contributed by atoms with E-state index < -0.39 is 5.97 Å². The fraction of sp³-hybridized carbons (Fsp3) is 0.333. The average molecular weight is 180 g/mol. The van der Waals surface area contributed by atoms with E-state index in [1.165, 1.54) is 0 Å². The Labute approximate surface area is 76.5 Å². The summed E-state index contributed by atoms with van der Waals surface area (Å²) < 4.78 is 1.70. The molecule has 0 unspecified atom stereocenters. The van der Waals surface area contributed by atoms with Crippen LogP contribution in [0.5, 0.6) is 0 Å². The van der Waals surface area contributed by atoms with Gasteiger partial charge in [-0.05, 0) is 19.4 Å². The zero-order valence-corrected chi connectivity index (χ0v) is 7.69. The fourth-order valence-corrected chi connectivity index (χ4v) is 0.885. The SMILES string of the molecule is C/C(=C/Cn1cc(C)cn1)C(=O)O. The van der Waals surface area contributed by atoms with E-state index in [1.807, 2.05) is 13.1 Å². The Kier molecular flexibility index (Phi) is 2.84. The van der Waals surface area contributed by atoms with E-state index in [-0.39, 0.29) is 0 Å².